The third kappa shape index (κ3) is 1.67. The summed E-state index contributed by atoms with van der Waals surface area (Å²) in [7, 11) is 1.89. The lowest BCUT2D eigenvalue weighted by Gasteiger charge is -1.96. The zero-order chi connectivity index (χ0) is 9.97. The minimum absolute atomic E-state index is 0.307. The van der Waals surface area contributed by atoms with E-state index in [2.05, 4.69) is 15.3 Å². The number of nitrogens with two attached hydrogens (primary N) is 1. The standard InChI is InChI=1S/C9H10N4S/c1-11-8-3-2-7(14-8)6-4-5-12-9(10)13-6/h2-5,11H,1H3,(H2,10,12,13). The second kappa shape index (κ2) is 3.63. The van der Waals surface area contributed by atoms with E-state index in [0.29, 0.717) is 5.95 Å². The maximum Gasteiger partial charge on any atom is 0.220 e. The molecule has 0 radical (unpaired) electrons. The van der Waals surface area contributed by atoms with Crippen LogP contribution in [-0.2, 0) is 0 Å². The van der Waals surface area contributed by atoms with E-state index in [-0.39, 0.29) is 0 Å². The molecular weight excluding hydrogens is 196 g/mol. The normalized spacial score (nSPS) is 10.1. The van der Waals surface area contributed by atoms with Crippen molar-refractivity contribution in [3.63, 3.8) is 0 Å². The first-order valence-electron chi connectivity index (χ1n) is 4.16. The van der Waals surface area contributed by atoms with Gasteiger partial charge in [-0.15, -0.1) is 11.3 Å². The number of aromatic nitrogens is 2. The number of nitrogen functional groups attached to an aromatic ring is 1. The van der Waals surface area contributed by atoms with Gasteiger partial charge in [-0.2, -0.15) is 0 Å². The van der Waals surface area contributed by atoms with Crippen LogP contribution in [0.25, 0.3) is 10.6 Å². The molecule has 2 rings (SSSR count). The summed E-state index contributed by atoms with van der Waals surface area (Å²) in [4.78, 5) is 9.07. The summed E-state index contributed by atoms with van der Waals surface area (Å²) < 4.78 is 0. The SMILES string of the molecule is CNc1ccc(-c2ccnc(N)n2)s1. The van der Waals surface area contributed by atoms with Crippen LogP contribution in [0.4, 0.5) is 10.9 Å². The Morgan fingerprint density at radius 3 is 2.86 bits per heavy atom. The molecule has 0 aliphatic carbocycles. The van der Waals surface area contributed by atoms with E-state index < -0.39 is 0 Å². The highest BCUT2D eigenvalue weighted by atomic mass is 32.1. The summed E-state index contributed by atoms with van der Waals surface area (Å²) in [5, 5.41) is 4.18. The van der Waals surface area contributed by atoms with E-state index in [4.69, 9.17) is 5.73 Å². The quantitative estimate of drug-likeness (QED) is 0.786. The molecule has 0 aliphatic rings. The van der Waals surface area contributed by atoms with Gasteiger partial charge in [0.05, 0.1) is 15.6 Å². The predicted octanol–water partition coefficient (Wildman–Crippen LogP) is 1.83. The molecule has 0 saturated heterocycles. The Kier molecular flexibility index (Phi) is 2.32. The van der Waals surface area contributed by atoms with Crippen molar-refractivity contribution in [1.29, 1.82) is 0 Å². The van der Waals surface area contributed by atoms with E-state index in [9.17, 15) is 0 Å². The maximum absolute atomic E-state index is 5.50. The van der Waals surface area contributed by atoms with Crippen molar-refractivity contribution >= 4 is 22.3 Å². The fraction of sp³-hybridized carbons (Fsp3) is 0.111. The fourth-order valence-corrected chi connectivity index (χ4v) is 1.95. The average molecular weight is 206 g/mol. The summed E-state index contributed by atoms with van der Waals surface area (Å²) in [5.41, 5.74) is 6.37. The van der Waals surface area contributed by atoms with E-state index in [1.165, 1.54) is 0 Å². The van der Waals surface area contributed by atoms with Gasteiger partial charge in [-0.05, 0) is 18.2 Å². The number of nitrogens with zero attached hydrogens (tertiary/aromatic N) is 2. The summed E-state index contributed by atoms with van der Waals surface area (Å²) in [6, 6.07) is 5.87. The van der Waals surface area contributed by atoms with Crippen molar-refractivity contribution in [2.45, 2.75) is 0 Å². The van der Waals surface area contributed by atoms with Gasteiger partial charge in [-0.25, -0.2) is 9.97 Å². The third-order valence-electron chi connectivity index (χ3n) is 1.78. The van der Waals surface area contributed by atoms with Gasteiger partial charge in [0.2, 0.25) is 5.95 Å². The van der Waals surface area contributed by atoms with Crippen LogP contribution in [0.1, 0.15) is 0 Å². The van der Waals surface area contributed by atoms with Gasteiger partial charge in [0, 0.05) is 13.2 Å². The van der Waals surface area contributed by atoms with Crippen LogP contribution in [0.3, 0.4) is 0 Å². The Morgan fingerprint density at radius 1 is 1.36 bits per heavy atom. The predicted molar refractivity (Wildman–Crippen MR) is 59.3 cm³/mol. The van der Waals surface area contributed by atoms with Crippen molar-refractivity contribution in [2.75, 3.05) is 18.1 Å². The van der Waals surface area contributed by atoms with Gasteiger partial charge >= 0.3 is 0 Å². The lowest BCUT2D eigenvalue weighted by atomic mass is 10.3. The van der Waals surface area contributed by atoms with Crippen LogP contribution < -0.4 is 11.1 Å². The van der Waals surface area contributed by atoms with Crippen LogP contribution in [-0.4, -0.2) is 17.0 Å². The molecule has 4 nitrogen and oxygen atoms in total. The zero-order valence-electron chi connectivity index (χ0n) is 7.69. The molecule has 0 saturated carbocycles. The number of nitrogens with one attached hydrogen (secondary N) is 1. The van der Waals surface area contributed by atoms with Gasteiger partial charge < -0.3 is 11.1 Å². The van der Waals surface area contributed by atoms with Gasteiger partial charge in [0.15, 0.2) is 0 Å². The number of hydrogen-bond donors (Lipinski definition) is 2. The van der Waals surface area contributed by atoms with Crippen molar-refractivity contribution < 1.29 is 0 Å². The first-order chi connectivity index (χ1) is 6.79. The molecule has 2 heterocycles. The molecule has 0 bridgehead atoms. The molecule has 5 heteroatoms. The molecule has 3 N–H and O–H groups in total. The minimum Gasteiger partial charge on any atom is -0.380 e. The summed E-state index contributed by atoms with van der Waals surface area (Å²) in [6.07, 6.45) is 1.66. The van der Waals surface area contributed by atoms with E-state index in [0.717, 1.165) is 15.6 Å². The lowest BCUT2D eigenvalue weighted by molar-refractivity contribution is 1.19. The van der Waals surface area contributed by atoms with Crippen LogP contribution in [0.5, 0.6) is 0 Å². The van der Waals surface area contributed by atoms with Gasteiger partial charge in [0.1, 0.15) is 0 Å². The Morgan fingerprint density at radius 2 is 2.21 bits per heavy atom. The highest BCUT2D eigenvalue weighted by Gasteiger charge is 2.03. The highest BCUT2D eigenvalue weighted by Crippen LogP contribution is 2.29. The molecule has 0 unspecified atom stereocenters. The lowest BCUT2D eigenvalue weighted by Crippen LogP contribution is -1.93. The number of anilines is 2. The summed E-state index contributed by atoms with van der Waals surface area (Å²) in [5.74, 6) is 0.307. The molecule has 0 amide bonds. The van der Waals surface area contributed by atoms with E-state index >= 15 is 0 Å². The molecule has 0 fully saturated rings. The molecule has 0 spiro atoms. The third-order valence-corrected chi connectivity index (χ3v) is 2.90. The molecule has 72 valence electrons. The average Bonchev–Trinajstić information content (AvgIpc) is 2.66. The maximum atomic E-state index is 5.50. The second-order valence-electron chi connectivity index (χ2n) is 2.71. The van der Waals surface area contributed by atoms with E-state index in [1.807, 2.05) is 25.2 Å². The van der Waals surface area contributed by atoms with E-state index in [1.54, 1.807) is 17.5 Å². The number of thiophene rings is 1. The van der Waals surface area contributed by atoms with Crippen LogP contribution in [0.15, 0.2) is 24.4 Å². The van der Waals surface area contributed by atoms with Gasteiger partial charge in [0.25, 0.3) is 0 Å². The van der Waals surface area contributed by atoms with Crippen LogP contribution in [0.2, 0.25) is 0 Å². The molecule has 14 heavy (non-hydrogen) atoms. The number of hydrogen-bond acceptors (Lipinski definition) is 5. The molecule has 0 aromatic carbocycles. The highest BCUT2D eigenvalue weighted by molar-refractivity contribution is 7.19. The van der Waals surface area contributed by atoms with Gasteiger partial charge in [-0.1, -0.05) is 0 Å². The van der Waals surface area contributed by atoms with Crippen LogP contribution in [0, 0.1) is 0 Å². The molecule has 0 atom stereocenters. The monoisotopic (exact) mass is 206 g/mol. The Balaban J connectivity index is 2.39. The molecule has 2 aromatic rings. The number of rotatable bonds is 2. The largest absolute Gasteiger partial charge is 0.380 e. The summed E-state index contributed by atoms with van der Waals surface area (Å²) in [6.45, 7) is 0. The first-order valence-corrected chi connectivity index (χ1v) is 4.98. The molecule has 2 aromatic heterocycles. The van der Waals surface area contributed by atoms with Crippen molar-refractivity contribution in [2.24, 2.45) is 0 Å². The first kappa shape index (κ1) is 8.96. The van der Waals surface area contributed by atoms with Crippen LogP contribution >= 0.6 is 11.3 Å². The Hall–Kier alpha value is -1.62. The zero-order valence-corrected chi connectivity index (χ0v) is 8.51. The topological polar surface area (TPSA) is 63.8 Å². The van der Waals surface area contributed by atoms with Crippen molar-refractivity contribution in [1.82, 2.24) is 9.97 Å². The molecule has 0 aliphatic heterocycles. The Bertz CT molecular complexity index is 438. The fourth-order valence-electron chi connectivity index (χ4n) is 1.12. The van der Waals surface area contributed by atoms with Gasteiger partial charge in [-0.3, -0.25) is 0 Å². The van der Waals surface area contributed by atoms with Crippen molar-refractivity contribution in [3.8, 4) is 10.6 Å². The second-order valence-corrected chi connectivity index (χ2v) is 3.80. The van der Waals surface area contributed by atoms with Crippen molar-refractivity contribution in [3.05, 3.63) is 24.4 Å². The minimum atomic E-state index is 0.307. The Labute approximate surface area is 85.8 Å². The summed E-state index contributed by atoms with van der Waals surface area (Å²) >= 11 is 1.64. The smallest absolute Gasteiger partial charge is 0.220 e. The molecular formula is C9H10N4S.